The minimum atomic E-state index is 0.298. The van der Waals surface area contributed by atoms with Crippen LogP contribution in [-0.2, 0) is 17.8 Å². The minimum absolute atomic E-state index is 0.298. The van der Waals surface area contributed by atoms with Gasteiger partial charge in [-0.25, -0.2) is 4.98 Å². The lowest BCUT2D eigenvalue weighted by Gasteiger charge is -2.16. The zero-order valence-electron chi connectivity index (χ0n) is 11.1. The Kier molecular flexibility index (Phi) is 6.18. The molecule has 1 heterocycles. The molecular formula is C12H24N4O. The maximum absolute atomic E-state index is 5.51. The van der Waals surface area contributed by atoms with Gasteiger partial charge in [0, 0.05) is 32.4 Å². The van der Waals surface area contributed by atoms with Crippen molar-refractivity contribution >= 4 is 0 Å². The van der Waals surface area contributed by atoms with E-state index in [2.05, 4.69) is 30.8 Å². The van der Waals surface area contributed by atoms with Crippen molar-refractivity contribution in [3.63, 3.8) is 0 Å². The first-order chi connectivity index (χ1) is 8.11. The van der Waals surface area contributed by atoms with E-state index >= 15 is 0 Å². The molecule has 17 heavy (non-hydrogen) atoms. The number of nitrogens with zero attached hydrogens (tertiary/aromatic N) is 3. The number of nitrogens with two attached hydrogens (primary N) is 1. The maximum atomic E-state index is 5.51. The second-order valence-electron chi connectivity index (χ2n) is 4.55. The lowest BCUT2D eigenvalue weighted by molar-refractivity contribution is 0.0625. The Morgan fingerprint density at radius 2 is 2.29 bits per heavy atom. The Morgan fingerprint density at radius 3 is 2.94 bits per heavy atom. The summed E-state index contributed by atoms with van der Waals surface area (Å²) in [5, 5.41) is 0. The van der Waals surface area contributed by atoms with Gasteiger partial charge in [-0.1, -0.05) is 0 Å². The van der Waals surface area contributed by atoms with E-state index in [0.29, 0.717) is 12.6 Å². The molecule has 0 amide bonds. The van der Waals surface area contributed by atoms with E-state index in [1.165, 1.54) is 0 Å². The summed E-state index contributed by atoms with van der Waals surface area (Å²) < 4.78 is 7.53. The highest BCUT2D eigenvalue weighted by atomic mass is 16.5. The van der Waals surface area contributed by atoms with E-state index in [-0.39, 0.29) is 0 Å². The third-order valence-corrected chi connectivity index (χ3v) is 2.43. The number of imidazole rings is 1. The van der Waals surface area contributed by atoms with Gasteiger partial charge in [0.15, 0.2) is 0 Å². The van der Waals surface area contributed by atoms with E-state index in [4.69, 9.17) is 10.5 Å². The molecule has 0 aliphatic carbocycles. The van der Waals surface area contributed by atoms with Crippen LogP contribution >= 0.6 is 0 Å². The third kappa shape index (κ3) is 5.81. The van der Waals surface area contributed by atoms with Crippen LogP contribution in [0.1, 0.15) is 19.5 Å². The Hall–Kier alpha value is -0.910. The summed E-state index contributed by atoms with van der Waals surface area (Å²) in [6.07, 6.45) is 4.18. The third-order valence-electron chi connectivity index (χ3n) is 2.43. The van der Waals surface area contributed by atoms with Gasteiger partial charge < -0.3 is 15.0 Å². The van der Waals surface area contributed by atoms with Crippen molar-refractivity contribution in [3.8, 4) is 0 Å². The molecule has 0 saturated heterocycles. The van der Waals surface area contributed by atoms with Gasteiger partial charge in [0.2, 0.25) is 0 Å². The van der Waals surface area contributed by atoms with E-state index in [0.717, 1.165) is 31.9 Å². The van der Waals surface area contributed by atoms with Crippen molar-refractivity contribution in [2.24, 2.45) is 5.73 Å². The van der Waals surface area contributed by atoms with E-state index in [9.17, 15) is 0 Å². The van der Waals surface area contributed by atoms with Crippen LogP contribution < -0.4 is 5.73 Å². The number of hydrogen-bond acceptors (Lipinski definition) is 4. The zero-order valence-corrected chi connectivity index (χ0v) is 11.1. The Morgan fingerprint density at radius 1 is 1.53 bits per heavy atom. The average molecular weight is 240 g/mol. The van der Waals surface area contributed by atoms with Gasteiger partial charge in [0.1, 0.15) is 0 Å². The smallest absolute Gasteiger partial charge is 0.0950 e. The summed E-state index contributed by atoms with van der Waals surface area (Å²) in [4.78, 5) is 6.55. The normalized spacial score (nSPS) is 11.6. The average Bonchev–Trinajstić information content (AvgIpc) is 2.65. The second-order valence-corrected chi connectivity index (χ2v) is 4.55. The fourth-order valence-electron chi connectivity index (χ4n) is 1.56. The molecular weight excluding hydrogens is 216 g/mol. The molecule has 5 nitrogen and oxygen atoms in total. The molecule has 0 bridgehead atoms. The molecule has 0 unspecified atom stereocenters. The molecule has 5 heteroatoms. The van der Waals surface area contributed by atoms with Crippen LogP contribution in [0, 0.1) is 0 Å². The fraction of sp³-hybridized carbons (Fsp3) is 0.750. The standard InChI is InChI=1S/C12H24N4O/c1-11(2)17-7-6-15(3)8-12-9-16(5-4-13)10-14-12/h9-11H,4-8,13H2,1-3H3. The summed E-state index contributed by atoms with van der Waals surface area (Å²) in [6, 6.07) is 0. The molecule has 98 valence electrons. The monoisotopic (exact) mass is 240 g/mol. The molecule has 1 aromatic rings. The lowest BCUT2D eigenvalue weighted by Crippen LogP contribution is -2.24. The molecule has 2 N–H and O–H groups in total. The fourth-order valence-corrected chi connectivity index (χ4v) is 1.56. The van der Waals surface area contributed by atoms with Crippen molar-refractivity contribution in [3.05, 3.63) is 18.2 Å². The van der Waals surface area contributed by atoms with Crippen LogP contribution in [0.4, 0.5) is 0 Å². The predicted molar refractivity (Wildman–Crippen MR) is 68.7 cm³/mol. The topological polar surface area (TPSA) is 56.3 Å². The van der Waals surface area contributed by atoms with Crippen molar-refractivity contribution in [2.75, 3.05) is 26.7 Å². The molecule has 0 aromatic carbocycles. The highest BCUT2D eigenvalue weighted by Crippen LogP contribution is 2.00. The van der Waals surface area contributed by atoms with Gasteiger partial charge in [-0.15, -0.1) is 0 Å². The Balaban J connectivity index is 2.26. The Bertz CT molecular complexity index is 311. The van der Waals surface area contributed by atoms with Crippen LogP contribution in [-0.4, -0.2) is 47.3 Å². The molecule has 0 fully saturated rings. The minimum Gasteiger partial charge on any atom is -0.377 e. The summed E-state index contributed by atoms with van der Waals surface area (Å²) in [6.45, 7) is 8.10. The van der Waals surface area contributed by atoms with Crippen molar-refractivity contribution in [2.45, 2.75) is 33.0 Å². The van der Waals surface area contributed by atoms with Gasteiger partial charge in [0.05, 0.1) is 24.7 Å². The molecule has 1 aromatic heterocycles. The molecule has 0 aliphatic rings. The summed E-state index contributed by atoms with van der Waals surface area (Å²) in [7, 11) is 2.08. The summed E-state index contributed by atoms with van der Waals surface area (Å²) in [5.74, 6) is 0. The van der Waals surface area contributed by atoms with Crippen LogP contribution in [0.15, 0.2) is 12.5 Å². The molecule has 1 rings (SSSR count). The van der Waals surface area contributed by atoms with Crippen molar-refractivity contribution < 1.29 is 4.74 Å². The molecule has 0 aliphatic heterocycles. The van der Waals surface area contributed by atoms with Crippen LogP contribution in [0.5, 0.6) is 0 Å². The predicted octanol–water partition coefficient (Wildman–Crippen LogP) is 0.699. The van der Waals surface area contributed by atoms with Gasteiger partial charge in [-0.3, -0.25) is 4.90 Å². The van der Waals surface area contributed by atoms with Crippen LogP contribution in [0.3, 0.4) is 0 Å². The lowest BCUT2D eigenvalue weighted by atomic mass is 10.4. The number of ether oxygens (including phenoxy) is 1. The van der Waals surface area contributed by atoms with E-state index in [1.54, 1.807) is 0 Å². The summed E-state index contributed by atoms with van der Waals surface area (Å²) >= 11 is 0. The van der Waals surface area contributed by atoms with E-state index < -0.39 is 0 Å². The maximum Gasteiger partial charge on any atom is 0.0950 e. The summed E-state index contributed by atoms with van der Waals surface area (Å²) in [5.41, 5.74) is 6.56. The Labute approximate surface area is 104 Å². The van der Waals surface area contributed by atoms with E-state index in [1.807, 2.05) is 17.1 Å². The highest BCUT2D eigenvalue weighted by molar-refractivity contribution is 4.96. The number of aromatic nitrogens is 2. The van der Waals surface area contributed by atoms with Gasteiger partial charge >= 0.3 is 0 Å². The number of rotatable bonds is 8. The highest BCUT2D eigenvalue weighted by Gasteiger charge is 2.04. The first kappa shape index (κ1) is 14.2. The molecule has 0 radical (unpaired) electrons. The first-order valence-electron chi connectivity index (χ1n) is 6.12. The molecule has 0 spiro atoms. The number of likely N-dealkylation sites (N-methyl/N-ethyl adjacent to an activating group) is 1. The SMILES string of the molecule is CC(C)OCCN(C)Cc1cn(CCN)cn1. The quantitative estimate of drug-likeness (QED) is 0.726. The van der Waals surface area contributed by atoms with Crippen LogP contribution in [0.2, 0.25) is 0 Å². The van der Waals surface area contributed by atoms with Crippen molar-refractivity contribution in [1.29, 1.82) is 0 Å². The van der Waals surface area contributed by atoms with Gasteiger partial charge in [-0.2, -0.15) is 0 Å². The molecule has 0 saturated carbocycles. The molecule has 0 atom stereocenters. The van der Waals surface area contributed by atoms with Crippen LogP contribution in [0.25, 0.3) is 0 Å². The van der Waals surface area contributed by atoms with Crippen molar-refractivity contribution in [1.82, 2.24) is 14.5 Å². The zero-order chi connectivity index (χ0) is 12.7. The number of hydrogen-bond donors (Lipinski definition) is 1. The van der Waals surface area contributed by atoms with Gasteiger partial charge in [-0.05, 0) is 20.9 Å². The second kappa shape index (κ2) is 7.42. The van der Waals surface area contributed by atoms with Gasteiger partial charge in [0.25, 0.3) is 0 Å². The first-order valence-corrected chi connectivity index (χ1v) is 6.12. The largest absolute Gasteiger partial charge is 0.377 e.